The van der Waals surface area contributed by atoms with Gasteiger partial charge in [-0.3, -0.25) is 9.59 Å². The molecule has 2 atom stereocenters. The fourth-order valence-electron chi connectivity index (χ4n) is 3.49. The van der Waals surface area contributed by atoms with Crippen LogP contribution in [0.25, 0.3) is 0 Å². The Kier molecular flexibility index (Phi) is 3.87. The average molecular weight is 294 g/mol. The van der Waals surface area contributed by atoms with Gasteiger partial charge in [-0.15, -0.1) is 0 Å². The molecular weight excluding hydrogens is 272 g/mol. The van der Waals surface area contributed by atoms with Crippen molar-refractivity contribution in [2.75, 3.05) is 19.6 Å². The number of hydrogen-bond donors (Lipinski definition) is 1. The predicted octanol–water partition coefficient (Wildman–Crippen LogP) is 0.711. The van der Waals surface area contributed by atoms with Gasteiger partial charge in [0.2, 0.25) is 11.8 Å². The standard InChI is InChI=1S/C15H22N2O4/c18-13(10-5-6-10)16-7-1-3-11(9-16)14(19)17-8-2-4-12(17)15(20)21/h10-12H,1-9H2,(H,20,21)/t11?,12-/m0/s1. The zero-order valence-electron chi connectivity index (χ0n) is 12.2. The van der Waals surface area contributed by atoms with Crippen LogP contribution in [0.4, 0.5) is 0 Å². The summed E-state index contributed by atoms with van der Waals surface area (Å²) >= 11 is 0. The summed E-state index contributed by atoms with van der Waals surface area (Å²) in [6.07, 6.45) is 4.83. The number of nitrogens with zero attached hydrogens (tertiary/aromatic N) is 2. The molecule has 1 saturated carbocycles. The molecule has 3 aliphatic rings. The number of rotatable bonds is 3. The summed E-state index contributed by atoms with van der Waals surface area (Å²) in [7, 11) is 0. The van der Waals surface area contributed by atoms with E-state index in [0.29, 0.717) is 19.5 Å². The lowest BCUT2D eigenvalue weighted by molar-refractivity contribution is -0.151. The molecule has 0 aromatic heterocycles. The highest BCUT2D eigenvalue weighted by molar-refractivity contribution is 5.87. The van der Waals surface area contributed by atoms with Crippen LogP contribution in [0.15, 0.2) is 0 Å². The third-order valence-electron chi connectivity index (χ3n) is 4.83. The monoisotopic (exact) mass is 294 g/mol. The number of aliphatic carboxylic acids is 1. The summed E-state index contributed by atoms with van der Waals surface area (Å²) in [5.41, 5.74) is 0. The fraction of sp³-hybridized carbons (Fsp3) is 0.800. The molecule has 3 rings (SSSR count). The van der Waals surface area contributed by atoms with Gasteiger partial charge in [0.05, 0.1) is 5.92 Å². The number of carbonyl (C=O) groups is 3. The van der Waals surface area contributed by atoms with E-state index in [4.69, 9.17) is 0 Å². The highest BCUT2D eigenvalue weighted by Gasteiger charge is 2.40. The Hall–Kier alpha value is -1.59. The third-order valence-corrected chi connectivity index (χ3v) is 4.83. The molecule has 116 valence electrons. The average Bonchev–Trinajstić information content (AvgIpc) is 3.22. The topological polar surface area (TPSA) is 77.9 Å². The summed E-state index contributed by atoms with van der Waals surface area (Å²) in [5.74, 6) is -0.849. The molecule has 0 radical (unpaired) electrons. The van der Waals surface area contributed by atoms with E-state index >= 15 is 0 Å². The first kappa shape index (κ1) is 14.4. The van der Waals surface area contributed by atoms with Crippen LogP contribution in [0.2, 0.25) is 0 Å². The van der Waals surface area contributed by atoms with Gasteiger partial charge in [0, 0.05) is 25.6 Å². The molecule has 2 aliphatic heterocycles. The number of hydrogen-bond acceptors (Lipinski definition) is 3. The van der Waals surface area contributed by atoms with E-state index in [9.17, 15) is 19.5 Å². The number of carbonyl (C=O) groups excluding carboxylic acids is 2. The van der Waals surface area contributed by atoms with Crippen molar-refractivity contribution in [3.05, 3.63) is 0 Å². The van der Waals surface area contributed by atoms with Gasteiger partial charge in [-0.25, -0.2) is 4.79 Å². The van der Waals surface area contributed by atoms with E-state index in [1.165, 1.54) is 4.90 Å². The van der Waals surface area contributed by atoms with E-state index in [1.54, 1.807) is 0 Å². The molecule has 1 unspecified atom stereocenters. The van der Waals surface area contributed by atoms with Crippen molar-refractivity contribution in [1.29, 1.82) is 0 Å². The van der Waals surface area contributed by atoms with Crippen molar-refractivity contribution in [2.45, 2.75) is 44.6 Å². The molecule has 0 bridgehead atoms. The first-order valence-electron chi connectivity index (χ1n) is 7.90. The van der Waals surface area contributed by atoms with E-state index in [0.717, 1.165) is 38.6 Å². The summed E-state index contributed by atoms with van der Waals surface area (Å²) in [4.78, 5) is 39.3. The van der Waals surface area contributed by atoms with Crippen LogP contribution in [0, 0.1) is 11.8 Å². The van der Waals surface area contributed by atoms with Gasteiger partial charge in [0.1, 0.15) is 6.04 Å². The smallest absolute Gasteiger partial charge is 0.326 e. The highest BCUT2D eigenvalue weighted by Crippen LogP contribution is 2.33. The maximum absolute atomic E-state index is 12.6. The zero-order chi connectivity index (χ0) is 15.0. The molecule has 2 heterocycles. The molecule has 3 fully saturated rings. The molecular formula is C15H22N2O4. The summed E-state index contributed by atoms with van der Waals surface area (Å²) in [6.45, 7) is 1.74. The second-order valence-corrected chi connectivity index (χ2v) is 6.43. The Bertz CT molecular complexity index is 461. The lowest BCUT2D eigenvalue weighted by Crippen LogP contribution is -2.49. The van der Waals surface area contributed by atoms with Crippen LogP contribution in [0.3, 0.4) is 0 Å². The minimum Gasteiger partial charge on any atom is -0.480 e. The fourth-order valence-corrected chi connectivity index (χ4v) is 3.49. The largest absolute Gasteiger partial charge is 0.480 e. The lowest BCUT2D eigenvalue weighted by atomic mass is 9.95. The van der Waals surface area contributed by atoms with Gasteiger partial charge in [0.25, 0.3) is 0 Å². The first-order chi connectivity index (χ1) is 10.1. The summed E-state index contributed by atoms with van der Waals surface area (Å²) in [6, 6.07) is -0.674. The molecule has 1 aliphatic carbocycles. The molecule has 2 amide bonds. The number of likely N-dealkylation sites (tertiary alicyclic amines) is 2. The van der Waals surface area contributed by atoms with Gasteiger partial charge in [-0.05, 0) is 38.5 Å². The number of carboxylic acid groups (broad SMARTS) is 1. The second kappa shape index (κ2) is 5.66. The van der Waals surface area contributed by atoms with E-state index in [2.05, 4.69) is 0 Å². The maximum atomic E-state index is 12.6. The van der Waals surface area contributed by atoms with Crippen molar-refractivity contribution < 1.29 is 19.5 Å². The van der Waals surface area contributed by atoms with Gasteiger partial charge < -0.3 is 14.9 Å². The Morgan fingerprint density at radius 1 is 0.857 bits per heavy atom. The van der Waals surface area contributed by atoms with Gasteiger partial charge in [-0.1, -0.05) is 0 Å². The molecule has 1 N–H and O–H groups in total. The quantitative estimate of drug-likeness (QED) is 0.831. The maximum Gasteiger partial charge on any atom is 0.326 e. The first-order valence-corrected chi connectivity index (χ1v) is 7.90. The molecule has 0 spiro atoms. The van der Waals surface area contributed by atoms with E-state index in [1.807, 2.05) is 4.90 Å². The van der Waals surface area contributed by atoms with E-state index < -0.39 is 12.0 Å². The van der Waals surface area contributed by atoms with Gasteiger partial charge in [0.15, 0.2) is 0 Å². The SMILES string of the molecule is O=C(O)[C@@H]1CCCN1C(=O)C1CCCN(C(=O)C2CC2)C1. The molecule has 0 aromatic carbocycles. The molecule has 21 heavy (non-hydrogen) atoms. The third kappa shape index (κ3) is 2.89. The van der Waals surface area contributed by atoms with Crippen molar-refractivity contribution in [3.63, 3.8) is 0 Å². The van der Waals surface area contributed by atoms with Crippen LogP contribution >= 0.6 is 0 Å². The van der Waals surface area contributed by atoms with Crippen LogP contribution in [-0.2, 0) is 14.4 Å². The van der Waals surface area contributed by atoms with Gasteiger partial charge in [-0.2, -0.15) is 0 Å². The summed E-state index contributed by atoms with van der Waals surface area (Å²) in [5, 5.41) is 9.19. The van der Waals surface area contributed by atoms with Crippen LogP contribution < -0.4 is 0 Å². The predicted molar refractivity (Wildman–Crippen MR) is 74.4 cm³/mol. The molecule has 2 saturated heterocycles. The van der Waals surface area contributed by atoms with E-state index in [-0.39, 0.29) is 23.7 Å². The van der Waals surface area contributed by atoms with Crippen LogP contribution in [0.1, 0.15) is 38.5 Å². The summed E-state index contributed by atoms with van der Waals surface area (Å²) < 4.78 is 0. The van der Waals surface area contributed by atoms with Crippen molar-refractivity contribution >= 4 is 17.8 Å². The normalized spacial score (nSPS) is 29.5. The molecule has 6 heteroatoms. The zero-order valence-corrected chi connectivity index (χ0v) is 12.2. The number of piperidine rings is 1. The minimum absolute atomic E-state index is 0.0757. The Labute approximate surface area is 124 Å². The van der Waals surface area contributed by atoms with Crippen molar-refractivity contribution in [1.82, 2.24) is 9.80 Å². The molecule has 0 aromatic rings. The van der Waals surface area contributed by atoms with Crippen molar-refractivity contribution in [3.8, 4) is 0 Å². The highest BCUT2D eigenvalue weighted by atomic mass is 16.4. The van der Waals surface area contributed by atoms with Crippen LogP contribution in [0.5, 0.6) is 0 Å². The second-order valence-electron chi connectivity index (χ2n) is 6.43. The van der Waals surface area contributed by atoms with Crippen LogP contribution in [-0.4, -0.2) is 58.4 Å². The minimum atomic E-state index is -0.914. The Morgan fingerprint density at radius 3 is 2.24 bits per heavy atom. The number of amides is 2. The van der Waals surface area contributed by atoms with Crippen molar-refractivity contribution in [2.24, 2.45) is 11.8 Å². The molecule has 6 nitrogen and oxygen atoms in total. The Balaban J connectivity index is 1.63. The number of carboxylic acids is 1. The Morgan fingerprint density at radius 2 is 1.57 bits per heavy atom. The van der Waals surface area contributed by atoms with Gasteiger partial charge >= 0.3 is 5.97 Å². The lowest BCUT2D eigenvalue weighted by Gasteiger charge is -2.35.